The molecular formula is C13H19FN2O2. The van der Waals surface area contributed by atoms with Gasteiger partial charge in [0.2, 0.25) is 0 Å². The Morgan fingerprint density at radius 1 is 1.50 bits per heavy atom. The van der Waals surface area contributed by atoms with E-state index in [9.17, 15) is 9.18 Å². The lowest BCUT2D eigenvalue weighted by atomic mass is 10.0. The molecule has 0 saturated heterocycles. The third-order valence-corrected chi connectivity index (χ3v) is 2.82. The summed E-state index contributed by atoms with van der Waals surface area (Å²) in [4.78, 5) is 11.9. The lowest BCUT2D eigenvalue weighted by molar-refractivity contribution is 0.0916. The van der Waals surface area contributed by atoms with E-state index in [2.05, 4.69) is 5.32 Å². The number of aliphatic hydroxyl groups excluding tert-OH is 1. The summed E-state index contributed by atoms with van der Waals surface area (Å²) in [6, 6.07) is 3.74. The van der Waals surface area contributed by atoms with Crippen molar-refractivity contribution in [3.05, 3.63) is 29.6 Å². The number of hydrogen-bond donors (Lipinski definition) is 3. The van der Waals surface area contributed by atoms with Crippen molar-refractivity contribution in [2.24, 2.45) is 5.92 Å². The molecule has 0 radical (unpaired) electrons. The zero-order chi connectivity index (χ0) is 13.7. The molecule has 0 aliphatic rings. The van der Waals surface area contributed by atoms with Gasteiger partial charge in [-0.2, -0.15) is 0 Å². The maximum atomic E-state index is 13.0. The van der Waals surface area contributed by atoms with Crippen LogP contribution in [0.5, 0.6) is 0 Å². The van der Waals surface area contributed by atoms with Gasteiger partial charge in [-0.05, 0) is 30.5 Å². The standard InChI is InChI=1S/C13H19FN2O2/c1-8(2)12(5-6-17)16-13(18)9-3-4-10(14)11(15)7-9/h3-4,7-8,12,17H,5-6,15H2,1-2H3,(H,16,18). The van der Waals surface area contributed by atoms with Crippen LogP contribution in [0.15, 0.2) is 18.2 Å². The molecule has 1 aromatic carbocycles. The summed E-state index contributed by atoms with van der Waals surface area (Å²) in [5, 5.41) is 11.7. The number of carbonyl (C=O) groups excluding carboxylic acids is 1. The molecule has 0 aromatic heterocycles. The van der Waals surface area contributed by atoms with Gasteiger partial charge in [0.15, 0.2) is 0 Å². The van der Waals surface area contributed by atoms with Crippen molar-refractivity contribution >= 4 is 11.6 Å². The fourth-order valence-electron chi connectivity index (χ4n) is 1.65. The Balaban J connectivity index is 2.77. The van der Waals surface area contributed by atoms with Crippen LogP contribution in [0.3, 0.4) is 0 Å². The second-order valence-corrected chi connectivity index (χ2v) is 4.57. The molecule has 1 rings (SSSR count). The van der Waals surface area contributed by atoms with Crippen LogP contribution in [0.1, 0.15) is 30.6 Å². The number of nitrogen functional groups attached to an aromatic ring is 1. The van der Waals surface area contributed by atoms with Crippen molar-refractivity contribution in [3.63, 3.8) is 0 Å². The first-order chi connectivity index (χ1) is 8.45. The van der Waals surface area contributed by atoms with E-state index in [0.717, 1.165) is 0 Å². The topological polar surface area (TPSA) is 75.3 Å². The van der Waals surface area contributed by atoms with Gasteiger partial charge < -0.3 is 16.2 Å². The highest BCUT2D eigenvalue weighted by Gasteiger charge is 2.17. The van der Waals surface area contributed by atoms with Gasteiger partial charge in [-0.15, -0.1) is 0 Å². The lowest BCUT2D eigenvalue weighted by Crippen LogP contribution is -2.39. The SMILES string of the molecule is CC(C)C(CCO)NC(=O)c1ccc(F)c(N)c1. The van der Waals surface area contributed by atoms with Gasteiger partial charge in [0, 0.05) is 18.2 Å². The third kappa shape index (κ3) is 3.70. The molecule has 18 heavy (non-hydrogen) atoms. The number of carbonyl (C=O) groups is 1. The van der Waals surface area contributed by atoms with Crippen LogP contribution in [0.4, 0.5) is 10.1 Å². The summed E-state index contributed by atoms with van der Waals surface area (Å²) in [6.07, 6.45) is 0.486. The summed E-state index contributed by atoms with van der Waals surface area (Å²) < 4.78 is 13.0. The smallest absolute Gasteiger partial charge is 0.251 e. The molecule has 1 aromatic rings. The summed E-state index contributed by atoms with van der Waals surface area (Å²) in [6.45, 7) is 3.92. The predicted octanol–water partition coefficient (Wildman–Crippen LogP) is 1.54. The van der Waals surface area contributed by atoms with Crippen LogP contribution >= 0.6 is 0 Å². The van der Waals surface area contributed by atoms with Crippen LogP contribution < -0.4 is 11.1 Å². The Morgan fingerprint density at radius 3 is 2.67 bits per heavy atom. The Kier molecular flexibility index (Phi) is 5.09. The van der Waals surface area contributed by atoms with E-state index in [1.807, 2.05) is 13.8 Å². The first-order valence-corrected chi connectivity index (χ1v) is 5.92. The summed E-state index contributed by atoms with van der Waals surface area (Å²) >= 11 is 0. The average molecular weight is 254 g/mol. The number of nitrogens with one attached hydrogen (secondary N) is 1. The number of anilines is 1. The van der Waals surface area contributed by atoms with Gasteiger partial charge in [0.25, 0.3) is 5.91 Å². The summed E-state index contributed by atoms with van der Waals surface area (Å²) in [5.74, 6) is -0.643. The van der Waals surface area contributed by atoms with E-state index >= 15 is 0 Å². The van der Waals surface area contributed by atoms with E-state index in [0.29, 0.717) is 12.0 Å². The van der Waals surface area contributed by atoms with Gasteiger partial charge >= 0.3 is 0 Å². The predicted molar refractivity (Wildman–Crippen MR) is 68.6 cm³/mol. The van der Waals surface area contributed by atoms with E-state index in [-0.39, 0.29) is 30.2 Å². The number of hydrogen-bond acceptors (Lipinski definition) is 3. The Hall–Kier alpha value is -1.62. The maximum absolute atomic E-state index is 13.0. The molecule has 4 nitrogen and oxygen atoms in total. The monoisotopic (exact) mass is 254 g/mol. The molecule has 4 N–H and O–H groups in total. The molecule has 1 unspecified atom stereocenters. The van der Waals surface area contributed by atoms with Crippen LogP contribution in [0.2, 0.25) is 0 Å². The molecule has 0 aliphatic carbocycles. The molecule has 0 aliphatic heterocycles. The fraction of sp³-hybridized carbons (Fsp3) is 0.462. The second-order valence-electron chi connectivity index (χ2n) is 4.57. The largest absolute Gasteiger partial charge is 0.396 e. The van der Waals surface area contributed by atoms with Crippen molar-refractivity contribution < 1.29 is 14.3 Å². The second kappa shape index (κ2) is 6.35. The minimum atomic E-state index is -0.540. The van der Waals surface area contributed by atoms with E-state index in [4.69, 9.17) is 10.8 Å². The normalized spacial score (nSPS) is 12.5. The summed E-state index contributed by atoms with van der Waals surface area (Å²) in [7, 11) is 0. The zero-order valence-corrected chi connectivity index (χ0v) is 10.6. The molecule has 0 fully saturated rings. The number of rotatable bonds is 5. The van der Waals surface area contributed by atoms with Gasteiger partial charge in [-0.1, -0.05) is 13.8 Å². The molecule has 1 amide bonds. The van der Waals surface area contributed by atoms with Crippen molar-refractivity contribution in [2.45, 2.75) is 26.3 Å². The van der Waals surface area contributed by atoms with Gasteiger partial charge in [-0.3, -0.25) is 4.79 Å². The number of halogens is 1. The average Bonchev–Trinajstić information content (AvgIpc) is 2.31. The third-order valence-electron chi connectivity index (χ3n) is 2.82. The van der Waals surface area contributed by atoms with E-state index in [1.54, 1.807) is 0 Å². The molecule has 0 heterocycles. The Bertz CT molecular complexity index is 421. The van der Waals surface area contributed by atoms with Crippen LogP contribution in [-0.4, -0.2) is 23.7 Å². The molecule has 0 spiro atoms. The number of amides is 1. The van der Waals surface area contributed by atoms with Gasteiger partial charge in [-0.25, -0.2) is 4.39 Å². The van der Waals surface area contributed by atoms with Crippen LogP contribution in [0, 0.1) is 11.7 Å². The van der Waals surface area contributed by atoms with Gasteiger partial charge in [0.1, 0.15) is 5.82 Å². The van der Waals surface area contributed by atoms with E-state index < -0.39 is 5.82 Å². The Labute approximate surface area is 106 Å². The quantitative estimate of drug-likeness (QED) is 0.698. The maximum Gasteiger partial charge on any atom is 0.251 e. The number of nitrogens with two attached hydrogens (primary N) is 1. The molecular weight excluding hydrogens is 235 g/mol. The number of benzene rings is 1. The minimum absolute atomic E-state index is 0.00861. The van der Waals surface area contributed by atoms with Crippen molar-refractivity contribution in [2.75, 3.05) is 12.3 Å². The van der Waals surface area contributed by atoms with Crippen molar-refractivity contribution in [3.8, 4) is 0 Å². The van der Waals surface area contributed by atoms with Crippen molar-refractivity contribution in [1.82, 2.24) is 5.32 Å². The molecule has 1 atom stereocenters. The first kappa shape index (κ1) is 14.4. The zero-order valence-electron chi connectivity index (χ0n) is 10.6. The molecule has 0 saturated carbocycles. The lowest BCUT2D eigenvalue weighted by Gasteiger charge is -2.21. The van der Waals surface area contributed by atoms with Crippen LogP contribution in [0.25, 0.3) is 0 Å². The minimum Gasteiger partial charge on any atom is -0.396 e. The van der Waals surface area contributed by atoms with Crippen LogP contribution in [-0.2, 0) is 0 Å². The highest BCUT2D eigenvalue weighted by atomic mass is 19.1. The highest BCUT2D eigenvalue weighted by molar-refractivity contribution is 5.95. The summed E-state index contributed by atoms with van der Waals surface area (Å²) in [5.41, 5.74) is 5.68. The Morgan fingerprint density at radius 2 is 2.17 bits per heavy atom. The number of aliphatic hydroxyl groups is 1. The van der Waals surface area contributed by atoms with Gasteiger partial charge in [0.05, 0.1) is 5.69 Å². The van der Waals surface area contributed by atoms with E-state index in [1.165, 1.54) is 18.2 Å². The molecule has 100 valence electrons. The first-order valence-electron chi connectivity index (χ1n) is 5.92. The highest BCUT2D eigenvalue weighted by Crippen LogP contribution is 2.13. The van der Waals surface area contributed by atoms with Crippen molar-refractivity contribution in [1.29, 1.82) is 0 Å². The fourth-order valence-corrected chi connectivity index (χ4v) is 1.65. The molecule has 5 heteroatoms. The molecule has 0 bridgehead atoms.